The number of nitrogens with zero attached hydrogens (tertiary/aromatic N) is 1. The van der Waals surface area contributed by atoms with Crippen LogP contribution in [-0.4, -0.2) is 42.9 Å². The number of anilines is 1. The summed E-state index contributed by atoms with van der Waals surface area (Å²) >= 11 is 0. The molecule has 1 aliphatic heterocycles. The Hall–Kier alpha value is -2.30. The minimum absolute atomic E-state index is 0.0122. The lowest BCUT2D eigenvalue weighted by atomic mass is 10.1. The zero-order chi connectivity index (χ0) is 19.5. The fourth-order valence-corrected chi connectivity index (χ4v) is 2.40. The maximum atomic E-state index is 12.8. The summed E-state index contributed by atoms with van der Waals surface area (Å²) < 4.78 is 76.8. The summed E-state index contributed by atoms with van der Waals surface area (Å²) in [6, 6.07) is 0.878. The van der Waals surface area contributed by atoms with Gasteiger partial charge in [-0.2, -0.15) is 26.3 Å². The number of carbonyl (C=O) groups excluding carboxylic acids is 2. The Bertz CT molecular complexity index is 655. The van der Waals surface area contributed by atoms with E-state index >= 15 is 0 Å². The molecule has 1 aromatic carbocycles. The zero-order valence-corrected chi connectivity index (χ0v) is 13.3. The number of hydrogen-bond acceptors (Lipinski definition) is 3. The predicted octanol–water partition coefficient (Wildman–Crippen LogP) is 2.48. The summed E-state index contributed by atoms with van der Waals surface area (Å²) in [5.74, 6) is -0.965. The van der Waals surface area contributed by atoms with Crippen molar-refractivity contribution in [2.75, 3.05) is 31.5 Å². The molecule has 2 N–H and O–H groups in total. The summed E-state index contributed by atoms with van der Waals surface area (Å²) in [7, 11) is 0. The van der Waals surface area contributed by atoms with Gasteiger partial charge < -0.3 is 10.6 Å². The van der Waals surface area contributed by atoms with Crippen LogP contribution in [0.2, 0.25) is 0 Å². The van der Waals surface area contributed by atoms with Crippen LogP contribution >= 0.6 is 0 Å². The van der Waals surface area contributed by atoms with Gasteiger partial charge in [0.05, 0.1) is 17.7 Å². The van der Waals surface area contributed by atoms with Gasteiger partial charge in [0, 0.05) is 31.7 Å². The van der Waals surface area contributed by atoms with Crippen LogP contribution in [0.25, 0.3) is 0 Å². The molecule has 1 fully saturated rings. The van der Waals surface area contributed by atoms with Crippen LogP contribution in [-0.2, 0) is 21.9 Å². The SMILES string of the molecule is O=C1CCN(CC(=O)Nc2cc(C(F)(F)F)cc(C(F)(F)F)c2)CCN1. The van der Waals surface area contributed by atoms with Gasteiger partial charge in [-0.3, -0.25) is 14.5 Å². The molecule has 2 amide bonds. The monoisotopic (exact) mass is 383 g/mol. The topological polar surface area (TPSA) is 61.4 Å². The highest BCUT2D eigenvalue weighted by atomic mass is 19.4. The molecular weight excluding hydrogens is 368 g/mol. The van der Waals surface area contributed by atoms with Crippen molar-refractivity contribution in [2.24, 2.45) is 0 Å². The molecule has 1 saturated heterocycles. The lowest BCUT2D eigenvalue weighted by Crippen LogP contribution is -2.35. The summed E-state index contributed by atoms with van der Waals surface area (Å²) in [5, 5.41) is 4.64. The first-order valence-corrected chi connectivity index (χ1v) is 7.53. The van der Waals surface area contributed by atoms with Crippen LogP contribution in [0.1, 0.15) is 17.5 Å². The number of benzene rings is 1. The molecule has 0 aromatic heterocycles. The summed E-state index contributed by atoms with van der Waals surface area (Å²) in [5.41, 5.74) is -3.61. The van der Waals surface area contributed by atoms with Crippen molar-refractivity contribution in [1.82, 2.24) is 10.2 Å². The molecule has 1 aliphatic rings. The van der Waals surface area contributed by atoms with Gasteiger partial charge in [0.25, 0.3) is 0 Å². The number of hydrogen-bond donors (Lipinski definition) is 2. The molecule has 0 spiro atoms. The molecule has 0 unspecified atom stereocenters. The number of alkyl halides is 6. The molecule has 0 bridgehead atoms. The first-order chi connectivity index (χ1) is 11.9. The molecule has 5 nitrogen and oxygen atoms in total. The molecule has 0 radical (unpaired) electrons. The van der Waals surface area contributed by atoms with Crippen molar-refractivity contribution in [2.45, 2.75) is 18.8 Å². The molecule has 1 heterocycles. The zero-order valence-electron chi connectivity index (χ0n) is 13.3. The van der Waals surface area contributed by atoms with Crippen molar-refractivity contribution in [1.29, 1.82) is 0 Å². The van der Waals surface area contributed by atoms with E-state index in [9.17, 15) is 35.9 Å². The van der Waals surface area contributed by atoms with E-state index in [1.54, 1.807) is 4.90 Å². The van der Waals surface area contributed by atoms with Crippen LogP contribution in [0, 0.1) is 0 Å². The number of amides is 2. The number of carbonyl (C=O) groups is 2. The van der Waals surface area contributed by atoms with Gasteiger partial charge in [-0.1, -0.05) is 0 Å². The summed E-state index contributed by atoms with van der Waals surface area (Å²) in [4.78, 5) is 24.8. The van der Waals surface area contributed by atoms with Crippen molar-refractivity contribution in [3.05, 3.63) is 29.3 Å². The summed E-state index contributed by atoms with van der Waals surface area (Å²) in [6.45, 7) is 0.644. The van der Waals surface area contributed by atoms with E-state index in [-0.39, 0.29) is 31.5 Å². The van der Waals surface area contributed by atoms with Crippen LogP contribution in [0.4, 0.5) is 32.0 Å². The van der Waals surface area contributed by atoms with Crippen LogP contribution in [0.15, 0.2) is 18.2 Å². The van der Waals surface area contributed by atoms with E-state index in [0.29, 0.717) is 25.2 Å². The highest BCUT2D eigenvalue weighted by Gasteiger charge is 2.37. The third-order valence-electron chi connectivity index (χ3n) is 3.64. The van der Waals surface area contributed by atoms with E-state index < -0.39 is 35.1 Å². The average molecular weight is 383 g/mol. The first-order valence-electron chi connectivity index (χ1n) is 7.53. The Morgan fingerprint density at radius 3 is 2.15 bits per heavy atom. The van der Waals surface area contributed by atoms with Gasteiger partial charge >= 0.3 is 12.4 Å². The third kappa shape index (κ3) is 5.61. The molecule has 11 heteroatoms. The molecule has 2 rings (SSSR count). The maximum absolute atomic E-state index is 12.8. The van der Waals surface area contributed by atoms with Crippen LogP contribution < -0.4 is 10.6 Å². The van der Waals surface area contributed by atoms with Gasteiger partial charge in [-0.25, -0.2) is 0 Å². The van der Waals surface area contributed by atoms with E-state index in [1.165, 1.54) is 0 Å². The fourth-order valence-electron chi connectivity index (χ4n) is 2.40. The lowest BCUT2D eigenvalue weighted by molar-refractivity contribution is -0.143. The van der Waals surface area contributed by atoms with Crippen molar-refractivity contribution >= 4 is 17.5 Å². The predicted molar refractivity (Wildman–Crippen MR) is 79.1 cm³/mol. The minimum atomic E-state index is -4.99. The molecule has 26 heavy (non-hydrogen) atoms. The van der Waals surface area contributed by atoms with Crippen LogP contribution in [0.5, 0.6) is 0 Å². The molecule has 144 valence electrons. The van der Waals surface area contributed by atoms with Crippen molar-refractivity contribution < 1.29 is 35.9 Å². The second-order valence-corrected chi connectivity index (χ2v) is 5.72. The van der Waals surface area contributed by atoms with Gasteiger partial charge in [-0.15, -0.1) is 0 Å². The van der Waals surface area contributed by atoms with E-state index in [1.807, 2.05) is 0 Å². The van der Waals surface area contributed by atoms with E-state index in [4.69, 9.17) is 0 Å². The normalized spacial score (nSPS) is 16.8. The number of halogens is 6. The smallest absolute Gasteiger partial charge is 0.355 e. The molecule has 0 aliphatic carbocycles. The van der Waals surface area contributed by atoms with Gasteiger partial charge in [0.1, 0.15) is 0 Å². The van der Waals surface area contributed by atoms with E-state index in [2.05, 4.69) is 10.6 Å². The lowest BCUT2D eigenvalue weighted by Gasteiger charge is -2.19. The van der Waals surface area contributed by atoms with Gasteiger partial charge in [0.2, 0.25) is 11.8 Å². The Kier molecular flexibility index (Phi) is 5.79. The Labute approximate surface area is 144 Å². The maximum Gasteiger partial charge on any atom is 0.416 e. The number of rotatable bonds is 3. The molecule has 1 aromatic rings. The Morgan fingerprint density at radius 2 is 1.62 bits per heavy atom. The van der Waals surface area contributed by atoms with Gasteiger partial charge in [0.15, 0.2) is 0 Å². The Morgan fingerprint density at radius 1 is 1.04 bits per heavy atom. The largest absolute Gasteiger partial charge is 0.416 e. The van der Waals surface area contributed by atoms with Crippen molar-refractivity contribution in [3.8, 4) is 0 Å². The minimum Gasteiger partial charge on any atom is -0.355 e. The third-order valence-corrected chi connectivity index (χ3v) is 3.64. The molecule has 0 saturated carbocycles. The van der Waals surface area contributed by atoms with E-state index in [0.717, 1.165) is 0 Å². The number of nitrogens with one attached hydrogen (secondary N) is 2. The highest BCUT2D eigenvalue weighted by molar-refractivity contribution is 5.92. The summed E-state index contributed by atoms with van der Waals surface area (Å²) in [6.07, 6.45) is -9.83. The first kappa shape index (κ1) is 20.0. The van der Waals surface area contributed by atoms with Crippen LogP contribution in [0.3, 0.4) is 0 Å². The second-order valence-electron chi connectivity index (χ2n) is 5.72. The average Bonchev–Trinajstić information content (AvgIpc) is 2.69. The molecular formula is C15H15F6N3O2. The standard InChI is InChI=1S/C15H15F6N3O2/c16-14(17,18)9-5-10(15(19,20)21)7-11(6-9)23-13(26)8-24-3-1-12(25)22-2-4-24/h5-7H,1-4,8H2,(H,22,25)(H,23,26). The molecule has 0 atom stereocenters. The Balaban J connectivity index is 2.14. The fraction of sp³-hybridized carbons (Fsp3) is 0.467. The highest BCUT2D eigenvalue weighted by Crippen LogP contribution is 2.37. The second kappa shape index (κ2) is 7.52. The van der Waals surface area contributed by atoms with Crippen molar-refractivity contribution in [3.63, 3.8) is 0 Å². The van der Waals surface area contributed by atoms with Gasteiger partial charge in [-0.05, 0) is 18.2 Å². The quantitative estimate of drug-likeness (QED) is 0.789.